The van der Waals surface area contributed by atoms with Crippen LogP contribution in [0.4, 0.5) is 0 Å². The Kier molecular flexibility index (Phi) is 8.90. The molecule has 284 valence electrons. The summed E-state index contributed by atoms with van der Waals surface area (Å²) in [5.74, 6) is 0.771. The van der Waals surface area contributed by atoms with Gasteiger partial charge in [0, 0.05) is 80.3 Å². The summed E-state index contributed by atoms with van der Waals surface area (Å²) >= 11 is 0. The molecule has 2 unspecified atom stereocenters. The first-order chi connectivity index (χ1) is 26.1. The molecule has 2 aliphatic carbocycles. The van der Waals surface area contributed by atoms with Gasteiger partial charge in [-0.3, -0.25) is 14.5 Å². The normalized spacial score (nSPS) is 25.4. The minimum atomic E-state index is -3.98. The molecule has 54 heavy (non-hydrogen) atoms. The predicted octanol–water partition coefficient (Wildman–Crippen LogP) is 6.65. The van der Waals surface area contributed by atoms with E-state index in [0.29, 0.717) is 12.5 Å². The maximum absolute atomic E-state index is 15.5. The van der Waals surface area contributed by atoms with Crippen molar-refractivity contribution in [3.63, 3.8) is 0 Å². The molecule has 4 aromatic rings. The van der Waals surface area contributed by atoms with Crippen LogP contribution in [0.3, 0.4) is 0 Å². The van der Waals surface area contributed by atoms with Crippen LogP contribution in [0.15, 0.2) is 66.7 Å². The second-order valence-electron chi connectivity index (χ2n) is 16.6. The molecule has 2 saturated heterocycles. The van der Waals surface area contributed by atoms with E-state index in [1.807, 2.05) is 18.2 Å². The van der Waals surface area contributed by atoms with Crippen molar-refractivity contribution in [1.82, 2.24) is 23.4 Å². The number of piperidine rings is 1. The summed E-state index contributed by atoms with van der Waals surface area (Å²) in [6.45, 7) is 3.16. The highest BCUT2D eigenvalue weighted by atomic mass is 32.2. The lowest BCUT2D eigenvalue weighted by Crippen LogP contribution is -2.63. The lowest BCUT2D eigenvalue weighted by atomic mass is 9.81. The van der Waals surface area contributed by atoms with E-state index in [2.05, 4.69) is 61.6 Å². The highest BCUT2D eigenvalue weighted by Crippen LogP contribution is 2.66. The van der Waals surface area contributed by atoms with Crippen LogP contribution in [0.25, 0.3) is 22.2 Å². The van der Waals surface area contributed by atoms with Gasteiger partial charge in [-0.1, -0.05) is 55.7 Å². The smallest absolute Gasteiger partial charge is 0.303 e. The number of benzene rings is 3. The summed E-state index contributed by atoms with van der Waals surface area (Å²) in [6, 6.07) is 23.0. The Morgan fingerprint density at radius 2 is 1.65 bits per heavy atom. The maximum atomic E-state index is 15.5. The third kappa shape index (κ3) is 5.94. The van der Waals surface area contributed by atoms with Crippen LogP contribution >= 0.6 is 0 Å². The molecule has 4 heterocycles. The third-order valence-corrected chi connectivity index (χ3v) is 14.6. The summed E-state index contributed by atoms with van der Waals surface area (Å²) in [5.41, 5.74) is 6.57. The topological polar surface area (TPSA) is 104 Å². The zero-order chi connectivity index (χ0) is 37.4. The zero-order valence-electron chi connectivity index (χ0n) is 31.6. The van der Waals surface area contributed by atoms with E-state index in [4.69, 9.17) is 4.74 Å². The number of amides is 2. The van der Waals surface area contributed by atoms with Crippen molar-refractivity contribution < 1.29 is 22.7 Å². The number of nitrogens with zero attached hydrogens (tertiary/aromatic N) is 4. The molecule has 4 fully saturated rings. The van der Waals surface area contributed by atoms with E-state index in [-0.39, 0.29) is 29.5 Å². The van der Waals surface area contributed by atoms with Crippen molar-refractivity contribution >= 4 is 32.9 Å². The van der Waals surface area contributed by atoms with Crippen LogP contribution in [-0.2, 0) is 28.1 Å². The maximum Gasteiger partial charge on any atom is 0.303 e. The Hall–Kier alpha value is -4.19. The van der Waals surface area contributed by atoms with Gasteiger partial charge in [0.25, 0.3) is 5.91 Å². The summed E-state index contributed by atoms with van der Waals surface area (Å²) in [5, 5.41) is 1.08. The van der Waals surface area contributed by atoms with Gasteiger partial charge in [-0.15, -0.1) is 0 Å². The molecule has 2 bridgehead atoms. The van der Waals surface area contributed by atoms with Crippen molar-refractivity contribution in [3.05, 3.63) is 89.0 Å². The molecule has 0 spiro atoms. The zero-order valence-corrected chi connectivity index (χ0v) is 32.4. The molecule has 0 radical (unpaired) electrons. The van der Waals surface area contributed by atoms with E-state index >= 15 is 4.79 Å². The molecule has 2 saturated carbocycles. The molecule has 4 atom stereocenters. The van der Waals surface area contributed by atoms with Gasteiger partial charge in [0.2, 0.25) is 5.91 Å². The summed E-state index contributed by atoms with van der Waals surface area (Å²) in [4.78, 5) is 33.9. The monoisotopic (exact) mass is 749 g/mol. The first-order valence-electron chi connectivity index (χ1n) is 19.8. The van der Waals surface area contributed by atoms with Gasteiger partial charge in [0.15, 0.2) is 0 Å². The Labute approximate surface area is 318 Å². The molecule has 5 aliphatic rings. The number of carbonyl (C=O) groups is 2. The number of hydrogen-bond acceptors (Lipinski definition) is 6. The van der Waals surface area contributed by atoms with Gasteiger partial charge in [0.05, 0.1) is 18.2 Å². The van der Waals surface area contributed by atoms with Crippen molar-refractivity contribution in [2.45, 2.75) is 94.8 Å². The van der Waals surface area contributed by atoms with Crippen molar-refractivity contribution in [2.75, 3.05) is 34.3 Å². The largest absolute Gasteiger partial charge is 0.497 e. The van der Waals surface area contributed by atoms with Crippen molar-refractivity contribution in [1.29, 1.82) is 0 Å². The fourth-order valence-corrected chi connectivity index (χ4v) is 11.0. The number of methoxy groups -OCH3 is 1. The molecular weight excluding hydrogens is 699 g/mol. The molecule has 3 aromatic carbocycles. The molecule has 10 nitrogen and oxygen atoms in total. The van der Waals surface area contributed by atoms with Gasteiger partial charge in [-0.2, -0.15) is 12.7 Å². The summed E-state index contributed by atoms with van der Waals surface area (Å²) < 4.78 is 36.8. The quantitative estimate of drug-likeness (QED) is 0.216. The molecular formula is C43H51N5O5S. The third-order valence-electron chi connectivity index (χ3n) is 13.2. The second kappa shape index (κ2) is 13.5. The highest BCUT2D eigenvalue weighted by Gasteiger charge is 2.65. The van der Waals surface area contributed by atoms with Crippen LogP contribution in [0.1, 0.15) is 96.7 Å². The first-order valence-corrected chi connectivity index (χ1v) is 21.2. The van der Waals surface area contributed by atoms with Gasteiger partial charge in [-0.05, 0) is 91.5 Å². The number of piperazine rings is 1. The number of fused-ring (bicyclic) bond motifs is 9. The van der Waals surface area contributed by atoms with Gasteiger partial charge in [-0.25, -0.2) is 4.72 Å². The minimum Gasteiger partial charge on any atom is -0.497 e. The Morgan fingerprint density at radius 3 is 2.35 bits per heavy atom. The fourth-order valence-electron chi connectivity index (χ4n) is 10.4. The Bertz CT molecular complexity index is 2220. The number of carbonyl (C=O) groups excluding carboxylic acids is 2. The lowest BCUT2D eigenvalue weighted by molar-refractivity contribution is -0.150. The molecule has 2 amide bonds. The van der Waals surface area contributed by atoms with E-state index in [1.54, 1.807) is 13.2 Å². The van der Waals surface area contributed by atoms with Crippen LogP contribution in [-0.4, -0.2) is 85.3 Å². The minimum absolute atomic E-state index is 0.0454. The summed E-state index contributed by atoms with van der Waals surface area (Å²) in [7, 11) is 0.512. The predicted molar refractivity (Wildman–Crippen MR) is 210 cm³/mol. The second-order valence-corrected chi connectivity index (χ2v) is 18.5. The van der Waals surface area contributed by atoms with Crippen LogP contribution in [0.2, 0.25) is 0 Å². The Morgan fingerprint density at radius 1 is 0.907 bits per heavy atom. The van der Waals surface area contributed by atoms with Gasteiger partial charge < -0.3 is 14.2 Å². The molecule has 9 rings (SSSR count). The molecule has 11 heteroatoms. The average Bonchev–Trinajstić information content (AvgIpc) is 3.84. The van der Waals surface area contributed by atoms with Crippen molar-refractivity contribution in [3.8, 4) is 17.0 Å². The standard InChI is InChI=1S/C43H51N5O5S/c1-45(2)54(51,52)44-41(49)30-17-19-35-38(21-30)47-27-43(42(50)48-31-15-10-16-32(48)26-46(25-31)24-28-11-6-4-7-12-28)23-37(43)36-22-33(53-3)18-20-34(36)40(47)39(35)29-13-8-5-9-14-29/h4,6-7,11-12,17-22,29,31-32,37H,5,8-10,13-16,23-27H2,1-3H3,(H,44,49)/t31-,32+,37?,43?. The number of likely N-dealkylation sites (tertiary alicyclic amines) is 1. The van der Waals surface area contributed by atoms with E-state index in [0.717, 1.165) is 90.4 Å². The molecule has 1 N–H and O–H groups in total. The van der Waals surface area contributed by atoms with Crippen LogP contribution in [0.5, 0.6) is 5.75 Å². The first kappa shape index (κ1) is 35.5. The Balaban J connectivity index is 1.16. The summed E-state index contributed by atoms with van der Waals surface area (Å²) in [6.07, 6.45) is 9.65. The van der Waals surface area contributed by atoms with E-state index < -0.39 is 21.5 Å². The number of aromatic nitrogens is 1. The number of hydrogen-bond donors (Lipinski definition) is 1. The van der Waals surface area contributed by atoms with Crippen LogP contribution in [0, 0.1) is 5.41 Å². The molecule has 1 aromatic heterocycles. The lowest BCUT2D eigenvalue weighted by Gasteiger charge is -2.51. The van der Waals surface area contributed by atoms with Gasteiger partial charge >= 0.3 is 10.2 Å². The SMILES string of the molecule is COc1ccc2c(c1)C1CC1(C(=O)N1[C@@H]3CCC[C@H]1CN(Cc1ccccc1)C3)Cn1c-2c(C2CCCCC2)c2ccc(C(=O)NS(=O)(=O)N(C)C)cc21. The van der Waals surface area contributed by atoms with E-state index in [9.17, 15) is 13.2 Å². The average molecular weight is 750 g/mol. The highest BCUT2D eigenvalue weighted by molar-refractivity contribution is 7.87. The fraction of sp³-hybridized carbons (Fsp3) is 0.488. The number of ether oxygens (including phenoxy) is 1. The molecule has 3 aliphatic heterocycles. The van der Waals surface area contributed by atoms with Crippen LogP contribution < -0.4 is 9.46 Å². The van der Waals surface area contributed by atoms with E-state index in [1.165, 1.54) is 50.0 Å². The number of nitrogens with one attached hydrogen (secondary N) is 1. The number of rotatable bonds is 8. The van der Waals surface area contributed by atoms with Gasteiger partial charge in [0.1, 0.15) is 5.75 Å². The van der Waals surface area contributed by atoms with Crippen molar-refractivity contribution in [2.24, 2.45) is 5.41 Å².